The molecule has 0 unspecified atom stereocenters. The molecule has 0 fully saturated rings. The van der Waals surface area contributed by atoms with Crippen LogP contribution >= 0.6 is 0 Å². The smallest absolute Gasteiger partial charge is 0.280 e. The molecule has 1 aromatic carbocycles. The van der Waals surface area contributed by atoms with E-state index in [0.29, 0.717) is 11.5 Å². The second kappa shape index (κ2) is 6.83. The lowest BCUT2D eigenvalue weighted by molar-refractivity contribution is 0.0988. The molecular weight excluding hydrogens is 368 g/mol. The number of hydrogen-bond donors (Lipinski definition) is 2. The molecule has 0 bridgehead atoms. The highest BCUT2D eigenvalue weighted by Gasteiger charge is 2.26. The SMILES string of the molecule is Cc1cn(-c2cc(C(F)F)c(C(=O)N=C(N)N)cc2S(C)(=O)=O)c(C)n1. The summed E-state index contributed by atoms with van der Waals surface area (Å²) in [5.74, 6) is -1.38. The number of alkyl halides is 2. The number of benzene rings is 1. The summed E-state index contributed by atoms with van der Waals surface area (Å²) >= 11 is 0. The molecule has 26 heavy (non-hydrogen) atoms. The van der Waals surface area contributed by atoms with Gasteiger partial charge in [-0.1, -0.05) is 0 Å². The Labute approximate surface area is 148 Å². The third-order valence-electron chi connectivity index (χ3n) is 3.49. The molecule has 0 spiro atoms. The maximum atomic E-state index is 13.5. The molecule has 1 aromatic heterocycles. The van der Waals surface area contributed by atoms with Gasteiger partial charge in [-0.15, -0.1) is 0 Å². The van der Waals surface area contributed by atoms with Crippen molar-refractivity contribution in [3.8, 4) is 5.69 Å². The number of carbonyl (C=O) groups is 1. The van der Waals surface area contributed by atoms with E-state index in [-0.39, 0.29) is 10.6 Å². The van der Waals surface area contributed by atoms with Gasteiger partial charge in [0.25, 0.3) is 12.3 Å². The Balaban J connectivity index is 2.90. The Morgan fingerprint density at radius 2 is 1.88 bits per heavy atom. The van der Waals surface area contributed by atoms with Gasteiger partial charge in [0.15, 0.2) is 15.8 Å². The predicted octanol–water partition coefficient (Wildman–Crippen LogP) is 1.24. The van der Waals surface area contributed by atoms with E-state index in [1.165, 1.54) is 10.8 Å². The predicted molar refractivity (Wildman–Crippen MR) is 91.2 cm³/mol. The van der Waals surface area contributed by atoms with E-state index in [1.807, 2.05) is 0 Å². The fraction of sp³-hybridized carbons (Fsp3) is 0.267. The van der Waals surface area contributed by atoms with Crippen molar-refractivity contribution in [2.24, 2.45) is 16.5 Å². The van der Waals surface area contributed by atoms with Crippen LogP contribution in [0.3, 0.4) is 0 Å². The van der Waals surface area contributed by atoms with Crippen LogP contribution in [0.15, 0.2) is 28.2 Å². The Morgan fingerprint density at radius 1 is 1.27 bits per heavy atom. The number of imidazole rings is 1. The number of hydrogen-bond acceptors (Lipinski definition) is 4. The normalized spacial score (nSPS) is 11.6. The van der Waals surface area contributed by atoms with E-state index in [2.05, 4.69) is 9.98 Å². The monoisotopic (exact) mass is 385 g/mol. The standard InChI is InChI=1S/C15H17F2N5O3S/c1-7-6-22(8(2)20-7)11-4-9(13(16)17)10(14(23)21-15(18)19)5-12(11)26(3,24)25/h4-6,13H,1-3H3,(H4,18,19,21,23). The number of amides is 1. The summed E-state index contributed by atoms with van der Waals surface area (Å²) < 4.78 is 52.8. The molecule has 4 N–H and O–H groups in total. The minimum atomic E-state index is -3.87. The molecule has 0 radical (unpaired) electrons. The van der Waals surface area contributed by atoms with Crippen LogP contribution in [0, 0.1) is 13.8 Å². The molecule has 0 aliphatic carbocycles. The quantitative estimate of drug-likeness (QED) is 0.601. The molecule has 1 heterocycles. The molecule has 0 saturated carbocycles. The van der Waals surface area contributed by atoms with Crippen molar-refractivity contribution >= 4 is 21.7 Å². The molecule has 1 amide bonds. The lowest BCUT2D eigenvalue weighted by Gasteiger charge is -2.15. The average Bonchev–Trinajstić information content (AvgIpc) is 2.82. The zero-order valence-corrected chi connectivity index (χ0v) is 15.0. The molecule has 2 aromatic rings. The first-order valence-corrected chi connectivity index (χ1v) is 9.14. The molecule has 0 aliphatic heterocycles. The maximum absolute atomic E-state index is 13.5. The first-order chi connectivity index (χ1) is 11.9. The van der Waals surface area contributed by atoms with E-state index >= 15 is 0 Å². The van der Waals surface area contributed by atoms with Crippen molar-refractivity contribution < 1.29 is 22.0 Å². The summed E-state index contributed by atoms with van der Waals surface area (Å²) in [6.07, 6.45) is -0.645. The van der Waals surface area contributed by atoms with Crippen LogP contribution in [0.2, 0.25) is 0 Å². The van der Waals surface area contributed by atoms with Gasteiger partial charge in [0.05, 0.1) is 21.8 Å². The van der Waals surface area contributed by atoms with Crippen LogP contribution in [-0.2, 0) is 9.84 Å². The zero-order valence-electron chi connectivity index (χ0n) is 14.2. The summed E-state index contributed by atoms with van der Waals surface area (Å²) in [5.41, 5.74) is 9.48. The molecule has 140 valence electrons. The number of aromatic nitrogens is 2. The third kappa shape index (κ3) is 3.87. The van der Waals surface area contributed by atoms with Crippen molar-refractivity contribution in [2.75, 3.05) is 6.26 Å². The number of nitrogens with two attached hydrogens (primary N) is 2. The highest BCUT2D eigenvalue weighted by atomic mass is 32.2. The molecule has 0 aliphatic rings. The summed E-state index contributed by atoms with van der Waals surface area (Å²) in [4.78, 5) is 19.1. The Hall–Kier alpha value is -2.82. The maximum Gasteiger partial charge on any atom is 0.280 e. The lowest BCUT2D eigenvalue weighted by atomic mass is 10.1. The summed E-state index contributed by atoms with van der Waals surface area (Å²) in [6, 6.07) is 1.79. The molecule has 8 nitrogen and oxygen atoms in total. The highest BCUT2D eigenvalue weighted by Crippen LogP contribution is 2.32. The summed E-state index contributed by atoms with van der Waals surface area (Å²) in [5, 5.41) is 0. The number of halogens is 2. The first kappa shape index (κ1) is 19.5. The van der Waals surface area contributed by atoms with Crippen molar-refractivity contribution in [2.45, 2.75) is 25.2 Å². The van der Waals surface area contributed by atoms with Gasteiger partial charge < -0.3 is 16.0 Å². The van der Waals surface area contributed by atoms with E-state index in [4.69, 9.17) is 11.5 Å². The van der Waals surface area contributed by atoms with Crippen LogP contribution in [0.25, 0.3) is 5.69 Å². The van der Waals surface area contributed by atoms with Gasteiger partial charge in [-0.25, -0.2) is 22.2 Å². The number of sulfone groups is 1. The van der Waals surface area contributed by atoms with Gasteiger partial charge in [0.1, 0.15) is 5.82 Å². The largest absolute Gasteiger partial charge is 0.370 e. The van der Waals surface area contributed by atoms with Gasteiger partial charge in [-0.3, -0.25) is 4.79 Å². The highest BCUT2D eigenvalue weighted by molar-refractivity contribution is 7.90. The Morgan fingerprint density at radius 3 is 2.31 bits per heavy atom. The topological polar surface area (TPSA) is 133 Å². The van der Waals surface area contributed by atoms with Crippen LogP contribution < -0.4 is 11.5 Å². The number of carbonyl (C=O) groups excluding carboxylic acids is 1. The van der Waals surface area contributed by atoms with E-state index in [0.717, 1.165) is 18.4 Å². The summed E-state index contributed by atoms with van der Waals surface area (Å²) in [7, 11) is -3.87. The molecule has 0 atom stereocenters. The van der Waals surface area contributed by atoms with E-state index in [9.17, 15) is 22.0 Å². The fourth-order valence-electron chi connectivity index (χ4n) is 2.48. The summed E-state index contributed by atoms with van der Waals surface area (Å²) in [6.45, 7) is 3.27. The molecular formula is C15H17F2N5O3S. The lowest BCUT2D eigenvalue weighted by Crippen LogP contribution is -2.24. The second-order valence-corrected chi connectivity index (χ2v) is 7.61. The number of aryl methyl sites for hydroxylation is 2. The number of guanidine groups is 1. The second-order valence-electron chi connectivity index (χ2n) is 5.62. The van der Waals surface area contributed by atoms with Crippen LogP contribution in [0.5, 0.6) is 0 Å². The minimum Gasteiger partial charge on any atom is -0.370 e. The Bertz CT molecular complexity index is 1010. The van der Waals surface area contributed by atoms with Gasteiger partial charge >= 0.3 is 0 Å². The van der Waals surface area contributed by atoms with Crippen LogP contribution in [-0.4, -0.2) is 36.1 Å². The molecule has 0 saturated heterocycles. The van der Waals surface area contributed by atoms with Gasteiger partial charge in [0, 0.05) is 18.0 Å². The fourth-order valence-corrected chi connectivity index (χ4v) is 3.34. The van der Waals surface area contributed by atoms with Crippen molar-refractivity contribution in [3.63, 3.8) is 0 Å². The molecule has 2 rings (SSSR count). The molecule has 11 heteroatoms. The van der Waals surface area contributed by atoms with Crippen LogP contribution in [0.1, 0.15) is 33.9 Å². The number of nitrogens with zero attached hydrogens (tertiary/aromatic N) is 3. The number of aliphatic imine (C=N–C) groups is 1. The average molecular weight is 385 g/mol. The van der Waals surface area contributed by atoms with E-state index in [1.54, 1.807) is 13.8 Å². The van der Waals surface area contributed by atoms with Gasteiger partial charge in [-0.05, 0) is 26.0 Å². The van der Waals surface area contributed by atoms with Crippen molar-refractivity contribution in [1.29, 1.82) is 0 Å². The van der Waals surface area contributed by atoms with Crippen molar-refractivity contribution in [3.05, 3.63) is 41.0 Å². The van der Waals surface area contributed by atoms with E-state index < -0.39 is 39.3 Å². The first-order valence-electron chi connectivity index (χ1n) is 7.25. The van der Waals surface area contributed by atoms with Gasteiger partial charge in [0.2, 0.25) is 0 Å². The number of rotatable bonds is 4. The third-order valence-corrected chi connectivity index (χ3v) is 4.61. The van der Waals surface area contributed by atoms with Gasteiger partial charge in [-0.2, -0.15) is 4.99 Å². The van der Waals surface area contributed by atoms with Crippen LogP contribution in [0.4, 0.5) is 8.78 Å². The minimum absolute atomic E-state index is 0.0397. The van der Waals surface area contributed by atoms with Crippen molar-refractivity contribution in [1.82, 2.24) is 9.55 Å². The zero-order chi connectivity index (χ0) is 19.8. The Kier molecular flexibility index (Phi) is 5.12.